The van der Waals surface area contributed by atoms with Crippen molar-refractivity contribution in [2.45, 2.75) is 6.42 Å². The lowest BCUT2D eigenvalue weighted by Crippen LogP contribution is -2.30. The van der Waals surface area contributed by atoms with Crippen LogP contribution in [0.15, 0.2) is 48.7 Å². The summed E-state index contributed by atoms with van der Waals surface area (Å²) in [6.07, 6.45) is 2.65. The molecule has 0 saturated carbocycles. The van der Waals surface area contributed by atoms with Gasteiger partial charge in [0.05, 0.1) is 5.56 Å². The van der Waals surface area contributed by atoms with Crippen LogP contribution in [-0.2, 0) is 0 Å². The topological polar surface area (TPSA) is 62.5 Å². The Hall–Kier alpha value is -2.40. The maximum absolute atomic E-state index is 12.5. The number of carbonyl (C=O) groups is 1. The number of benzene rings is 1. The number of pyridine rings is 1. The number of nitrogens with zero attached hydrogens (tertiary/aromatic N) is 3. The van der Waals surface area contributed by atoms with Gasteiger partial charge in [-0.2, -0.15) is 0 Å². The smallest absolute Gasteiger partial charge is 0.255 e. The predicted octanol–water partition coefficient (Wildman–Crippen LogP) is 2.27. The number of anilines is 2. The van der Waals surface area contributed by atoms with Crippen LogP contribution >= 0.6 is 0 Å². The highest BCUT2D eigenvalue weighted by Gasteiger charge is 2.26. The van der Waals surface area contributed by atoms with Crippen LogP contribution in [0.25, 0.3) is 0 Å². The summed E-state index contributed by atoms with van der Waals surface area (Å²) in [5, 5.41) is 0. The van der Waals surface area contributed by atoms with Crippen molar-refractivity contribution in [3.05, 3.63) is 54.2 Å². The molecular formula is C18H22N4O. The largest absolute Gasteiger partial charge is 0.338 e. The summed E-state index contributed by atoms with van der Waals surface area (Å²) in [5.41, 5.74) is 7.38. The number of carbonyl (C=O) groups excluding carboxylic acids is 1. The first-order chi connectivity index (χ1) is 11.2. The summed E-state index contributed by atoms with van der Waals surface area (Å²) in [4.78, 5) is 20.8. The summed E-state index contributed by atoms with van der Waals surface area (Å²) < 4.78 is 0. The van der Waals surface area contributed by atoms with Crippen molar-refractivity contribution >= 4 is 17.4 Å². The first kappa shape index (κ1) is 15.5. The van der Waals surface area contributed by atoms with E-state index in [1.54, 1.807) is 6.20 Å². The average molecular weight is 310 g/mol. The van der Waals surface area contributed by atoms with Gasteiger partial charge in [-0.25, -0.2) is 4.98 Å². The van der Waals surface area contributed by atoms with Crippen LogP contribution in [0.5, 0.6) is 0 Å². The molecule has 2 heterocycles. The lowest BCUT2D eigenvalue weighted by atomic mass is 10.1. The Morgan fingerprint density at radius 2 is 2.09 bits per heavy atom. The third kappa shape index (κ3) is 3.35. The van der Waals surface area contributed by atoms with E-state index >= 15 is 0 Å². The van der Waals surface area contributed by atoms with Crippen LogP contribution in [0, 0.1) is 5.92 Å². The van der Waals surface area contributed by atoms with Crippen LogP contribution in [-0.4, -0.2) is 42.5 Å². The van der Waals surface area contributed by atoms with E-state index < -0.39 is 0 Å². The van der Waals surface area contributed by atoms with E-state index in [0.29, 0.717) is 18.0 Å². The highest BCUT2D eigenvalue weighted by atomic mass is 16.2. The molecule has 5 nitrogen and oxygen atoms in total. The fourth-order valence-electron chi connectivity index (χ4n) is 2.89. The minimum Gasteiger partial charge on any atom is -0.338 e. The molecule has 23 heavy (non-hydrogen) atoms. The van der Waals surface area contributed by atoms with Crippen molar-refractivity contribution in [2.75, 3.05) is 31.6 Å². The molecule has 3 rings (SSSR count). The first-order valence-corrected chi connectivity index (χ1v) is 7.93. The van der Waals surface area contributed by atoms with Crippen molar-refractivity contribution in [2.24, 2.45) is 11.7 Å². The van der Waals surface area contributed by atoms with Crippen molar-refractivity contribution in [1.82, 2.24) is 9.88 Å². The van der Waals surface area contributed by atoms with E-state index in [4.69, 9.17) is 5.73 Å². The van der Waals surface area contributed by atoms with E-state index in [9.17, 15) is 4.79 Å². The van der Waals surface area contributed by atoms with Gasteiger partial charge >= 0.3 is 0 Å². The molecule has 1 fully saturated rings. The van der Waals surface area contributed by atoms with Crippen LogP contribution in [0.3, 0.4) is 0 Å². The van der Waals surface area contributed by atoms with Gasteiger partial charge in [0.25, 0.3) is 5.91 Å². The molecule has 0 radical (unpaired) electrons. The normalized spacial score (nSPS) is 17.3. The molecule has 1 amide bonds. The molecule has 1 aliphatic rings. The Kier molecular flexibility index (Phi) is 4.57. The van der Waals surface area contributed by atoms with Gasteiger partial charge in [-0.1, -0.05) is 18.2 Å². The summed E-state index contributed by atoms with van der Waals surface area (Å²) in [6.45, 7) is 2.18. The Morgan fingerprint density at radius 1 is 1.30 bits per heavy atom. The SMILES string of the molecule is CN(c1ccccc1)c1ccc(C(=O)N2CCC(CN)C2)cn1. The van der Waals surface area contributed by atoms with Crippen LogP contribution in [0.2, 0.25) is 0 Å². The number of nitrogens with two attached hydrogens (primary N) is 1. The first-order valence-electron chi connectivity index (χ1n) is 7.93. The molecule has 1 aromatic heterocycles. The van der Waals surface area contributed by atoms with E-state index in [2.05, 4.69) is 4.98 Å². The fourth-order valence-corrected chi connectivity index (χ4v) is 2.89. The minimum absolute atomic E-state index is 0.0439. The monoisotopic (exact) mass is 310 g/mol. The molecule has 1 saturated heterocycles. The molecule has 5 heteroatoms. The van der Waals surface area contributed by atoms with Gasteiger partial charge in [-0.15, -0.1) is 0 Å². The van der Waals surface area contributed by atoms with Crippen LogP contribution < -0.4 is 10.6 Å². The maximum atomic E-state index is 12.5. The van der Waals surface area contributed by atoms with E-state index in [-0.39, 0.29) is 5.91 Å². The number of aromatic nitrogens is 1. The highest BCUT2D eigenvalue weighted by Crippen LogP contribution is 2.22. The Balaban J connectivity index is 1.71. The van der Waals surface area contributed by atoms with Crippen molar-refractivity contribution < 1.29 is 4.79 Å². The lowest BCUT2D eigenvalue weighted by Gasteiger charge is -2.19. The van der Waals surface area contributed by atoms with Gasteiger partial charge in [0.1, 0.15) is 5.82 Å². The molecule has 1 atom stereocenters. The lowest BCUT2D eigenvalue weighted by molar-refractivity contribution is 0.0787. The highest BCUT2D eigenvalue weighted by molar-refractivity contribution is 5.94. The number of amides is 1. The predicted molar refractivity (Wildman–Crippen MR) is 91.8 cm³/mol. The molecule has 2 N–H and O–H groups in total. The summed E-state index contributed by atoms with van der Waals surface area (Å²) >= 11 is 0. The second kappa shape index (κ2) is 6.79. The maximum Gasteiger partial charge on any atom is 0.255 e. The fraction of sp³-hybridized carbons (Fsp3) is 0.333. The van der Waals surface area contributed by atoms with Gasteiger partial charge in [-0.3, -0.25) is 4.79 Å². The van der Waals surface area contributed by atoms with Crippen molar-refractivity contribution in [3.8, 4) is 0 Å². The molecule has 1 unspecified atom stereocenters. The molecule has 1 aliphatic heterocycles. The number of para-hydroxylation sites is 1. The molecule has 0 spiro atoms. The van der Waals surface area contributed by atoms with Gasteiger partial charge in [-0.05, 0) is 43.1 Å². The standard InChI is InChI=1S/C18H22N4O/c1-21(16-5-3-2-4-6-16)17-8-7-15(12-20-17)18(23)22-10-9-14(11-19)13-22/h2-8,12,14H,9-11,13,19H2,1H3. The number of hydrogen-bond donors (Lipinski definition) is 1. The van der Waals surface area contributed by atoms with Gasteiger partial charge in [0.15, 0.2) is 0 Å². The zero-order chi connectivity index (χ0) is 16.2. The van der Waals surface area contributed by atoms with Gasteiger partial charge < -0.3 is 15.5 Å². The quantitative estimate of drug-likeness (QED) is 0.941. The Bertz CT molecular complexity index is 656. The van der Waals surface area contributed by atoms with E-state index in [1.807, 2.05) is 59.3 Å². The molecular weight excluding hydrogens is 288 g/mol. The minimum atomic E-state index is 0.0439. The zero-order valence-corrected chi connectivity index (χ0v) is 13.4. The zero-order valence-electron chi connectivity index (χ0n) is 13.4. The van der Waals surface area contributed by atoms with Gasteiger partial charge in [0.2, 0.25) is 0 Å². The summed E-state index contributed by atoms with van der Waals surface area (Å²) in [7, 11) is 1.96. The third-order valence-electron chi connectivity index (χ3n) is 4.39. The van der Waals surface area contributed by atoms with E-state index in [0.717, 1.165) is 31.0 Å². The second-order valence-corrected chi connectivity index (χ2v) is 5.94. The Labute approximate surface area is 136 Å². The molecule has 120 valence electrons. The molecule has 1 aromatic carbocycles. The Morgan fingerprint density at radius 3 is 2.70 bits per heavy atom. The van der Waals surface area contributed by atoms with E-state index in [1.165, 1.54) is 0 Å². The van der Waals surface area contributed by atoms with Crippen LogP contribution in [0.1, 0.15) is 16.8 Å². The summed E-state index contributed by atoms with van der Waals surface area (Å²) in [6, 6.07) is 13.7. The number of hydrogen-bond acceptors (Lipinski definition) is 4. The molecule has 0 aliphatic carbocycles. The average Bonchev–Trinajstić information content (AvgIpc) is 3.10. The van der Waals surface area contributed by atoms with Crippen molar-refractivity contribution in [1.29, 1.82) is 0 Å². The van der Waals surface area contributed by atoms with Crippen LogP contribution in [0.4, 0.5) is 11.5 Å². The van der Waals surface area contributed by atoms with Crippen molar-refractivity contribution in [3.63, 3.8) is 0 Å². The summed E-state index contributed by atoms with van der Waals surface area (Å²) in [5.74, 6) is 1.28. The number of rotatable bonds is 4. The third-order valence-corrected chi connectivity index (χ3v) is 4.39. The second-order valence-electron chi connectivity index (χ2n) is 5.94. The number of likely N-dealkylation sites (tertiary alicyclic amines) is 1. The van der Waals surface area contributed by atoms with Gasteiger partial charge in [0, 0.05) is 32.0 Å². The molecule has 2 aromatic rings. The molecule has 0 bridgehead atoms.